The second kappa shape index (κ2) is 21.0. The van der Waals surface area contributed by atoms with Crippen molar-refractivity contribution < 1.29 is 54.9 Å². The second-order valence-electron chi connectivity index (χ2n) is 16.8. The third kappa shape index (κ3) is 11.8. The molecule has 3 aliphatic rings. The molecule has 2 unspecified atom stereocenters. The van der Waals surface area contributed by atoms with Gasteiger partial charge in [0.1, 0.15) is 12.2 Å². The first-order valence-electron chi connectivity index (χ1n) is 21.6. The fourth-order valence-corrected chi connectivity index (χ4v) is 9.28. The highest BCUT2D eigenvalue weighted by Crippen LogP contribution is 2.48. The van der Waals surface area contributed by atoms with Crippen molar-refractivity contribution in [1.82, 2.24) is 20.0 Å². The van der Waals surface area contributed by atoms with E-state index in [-0.39, 0.29) is 66.4 Å². The zero-order chi connectivity index (χ0) is 46.3. The van der Waals surface area contributed by atoms with Crippen molar-refractivity contribution in [3.63, 3.8) is 0 Å². The van der Waals surface area contributed by atoms with E-state index in [1.807, 2.05) is 19.1 Å². The molecule has 1 spiro atoms. The van der Waals surface area contributed by atoms with Gasteiger partial charge in [0.05, 0.1) is 47.0 Å². The van der Waals surface area contributed by atoms with Crippen LogP contribution >= 0.6 is 23.2 Å². The van der Waals surface area contributed by atoms with Crippen LogP contribution in [0.15, 0.2) is 60.7 Å². The lowest BCUT2D eigenvalue weighted by Gasteiger charge is -2.46. The smallest absolute Gasteiger partial charge is 0.416 e. The van der Waals surface area contributed by atoms with Gasteiger partial charge < -0.3 is 34.2 Å². The number of hydrogen-bond acceptors (Lipinski definition) is 7. The highest BCUT2D eigenvalue weighted by atomic mass is 35.5. The average Bonchev–Trinajstić information content (AvgIpc) is 3.57. The Kier molecular flexibility index (Phi) is 16.2. The van der Waals surface area contributed by atoms with E-state index >= 15 is 0 Å². The molecular formula is C46H54Cl2F6N4O6. The number of rotatable bonds is 16. The predicted octanol–water partition coefficient (Wildman–Crippen LogP) is 9.53. The molecule has 0 saturated carbocycles. The molecular weight excluding hydrogens is 889 g/mol. The number of carbonyl (C=O) groups is 3. The first-order chi connectivity index (χ1) is 30.3. The van der Waals surface area contributed by atoms with E-state index in [0.717, 1.165) is 12.8 Å². The monoisotopic (exact) mass is 942 g/mol. The summed E-state index contributed by atoms with van der Waals surface area (Å²) in [4.78, 5) is 44.0. The third-order valence-corrected chi connectivity index (χ3v) is 13.4. The van der Waals surface area contributed by atoms with Crippen molar-refractivity contribution in [2.24, 2.45) is 0 Å². The molecule has 18 heteroatoms. The number of fused-ring (bicyclic) bond motifs is 2. The van der Waals surface area contributed by atoms with Gasteiger partial charge >= 0.3 is 18.4 Å². The summed E-state index contributed by atoms with van der Waals surface area (Å²) in [6.45, 7) is 4.73. The SMILES string of the molecule is CCCCNC(=O)OCCCCN(C)C(=O)COC1Cc2ccccc2C12CCN(CCC1(c3ccc(Cl)c(Cl)c3)CN(C(=O)c3cc(C(F)(F)F)cc(C(F)(F)F)c3)CCO1)CC2. The average molecular weight is 944 g/mol. The maximum absolute atomic E-state index is 13.9. The molecule has 2 fully saturated rings. The predicted molar refractivity (Wildman–Crippen MR) is 229 cm³/mol. The van der Waals surface area contributed by atoms with Crippen molar-refractivity contribution in [2.45, 2.75) is 87.8 Å². The van der Waals surface area contributed by atoms with E-state index in [1.165, 1.54) is 16.0 Å². The summed E-state index contributed by atoms with van der Waals surface area (Å²) < 4.78 is 101. The van der Waals surface area contributed by atoms with Crippen molar-refractivity contribution in [3.8, 4) is 0 Å². The number of amides is 3. The molecule has 2 heterocycles. The van der Waals surface area contributed by atoms with Crippen LogP contribution in [-0.2, 0) is 48.8 Å². The van der Waals surface area contributed by atoms with Crippen LogP contribution in [0.4, 0.5) is 31.1 Å². The molecule has 0 radical (unpaired) electrons. The van der Waals surface area contributed by atoms with Crippen molar-refractivity contribution in [3.05, 3.63) is 104 Å². The van der Waals surface area contributed by atoms with Gasteiger partial charge in [0, 0.05) is 44.2 Å². The highest BCUT2D eigenvalue weighted by molar-refractivity contribution is 6.42. The highest BCUT2D eigenvalue weighted by Gasteiger charge is 2.50. The summed E-state index contributed by atoms with van der Waals surface area (Å²) >= 11 is 12.7. The Morgan fingerprint density at radius 1 is 0.906 bits per heavy atom. The Hall–Kier alpha value is -4.09. The molecule has 0 bridgehead atoms. The number of halogens is 8. The minimum absolute atomic E-state index is 0.00325. The lowest BCUT2D eigenvalue weighted by Crippen LogP contribution is -2.54. The molecule has 3 aromatic carbocycles. The van der Waals surface area contributed by atoms with Crippen LogP contribution < -0.4 is 5.32 Å². The van der Waals surface area contributed by atoms with E-state index in [9.17, 15) is 40.7 Å². The van der Waals surface area contributed by atoms with E-state index in [1.54, 1.807) is 30.1 Å². The molecule has 10 nitrogen and oxygen atoms in total. The number of piperidine rings is 1. The first-order valence-corrected chi connectivity index (χ1v) is 22.4. The molecule has 1 N–H and O–H groups in total. The molecule has 2 atom stereocenters. The Balaban J connectivity index is 1.11. The van der Waals surface area contributed by atoms with E-state index in [0.29, 0.717) is 88.9 Å². The van der Waals surface area contributed by atoms with Crippen molar-refractivity contribution in [1.29, 1.82) is 0 Å². The van der Waals surface area contributed by atoms with Gasteiger partial charge in [-0.05, 0) is 105 Å². The molecule has 2 aliphatic heterocycles. The fraction of sp³-hybridized carbons (Fsp3) is 0.543. The normalized spacial score (nSPS) is 20.0. The van der Waals surface area contributed by atoms with Crippen LogP contribution in [0.5, 0.6) is 0 Å². The maximum Gasteiger partial charge on any atom is 0.416 e. The number of nitrogens with one attached hydrogen (secondary N) is 1. The number of alkyl halides is 6. The van der Waals surface area contributed by atoms with Gasteiger partial charge in [0.2, 0.25) is 5.91 Å². The zero-order valence-electron chi connectivity index (χ0n) is 35.9. The van der Waals surface area contributed by atoms with Crippen molar-refractivity contribution >= 4 is 41.1 Å². The molecule has 3 amide bonds. The quantitative estimate of drug-likeness (QED) is 0.113. The second-order valence-corrected chi connectivity index (χ2v) is 17.7. The van der Waals surface area contributed by atoms with Gasteiger partial charge in [-0.2, -0.15) is 26.3 Å². The summed E-state index contributed by atoms with van der Waals surface area (Å²) in [7, 11) is 1.73. The Morgan fingerprint density at radius 3 is 2.28 bits per heavy atom. The molecule has 6 rings (SSSR count). The largest absolute Gasteiger partial charge is 0.450 e. The number of unbranched alkanes of at least 4 members (excludes halogenated alkanes) is 2. The lowest BCUT2D eigenvalue weighted by atomic mass is 9.72. The van der Waals surface area contributed by atoms with Crippen LogP contribution in [0.25, 0.3) is 0 Å². The van der Waals surface area contributed by atoms with Crippen LogP contribution in [0.3, 0.4) is 0 Å². The summed E-state index contributed by atoms with van der Waals surface area (Å²) in [6.07, 6.45) is -5.43. The van der Waals surface area contributed by atoms with Crippen molar-refractivity contribution in [2.75, 3.05) is 72.7 Å². The van der Waals surface area contributed by atoms with Gasteiger partial charge in [0.15, 0.2) is 0 Å². The van der Waals surface area contributed by atoms with Gasteiger partial charge in [-0.3, -0.25) is 9.59 Å². The Bertz CT molecular complexity index is 2080. The molecule has 350 valence electrons. The Morgan fingerprint density at radius 2 is 1.61 bits per heavy atom. The molecule has 3 aromatic rings. The molecule has 0 aromatic heterocycles. The Labute approximate surface area is 379 Å². The standard InChI is InChI=1S/C46H54Cl2F6N4O6/c1-3-4-16-55-42(61)62-22-8-7-17-56(2)40(59)29-63-39-26-31-9-5-6-10-36(31)43(39)13-18-57(19-14-43)20-15-44(33-11-12-37(47)38(48)28-33)30-58(21-23-64-44)41(60)32-24-34(45(49,50)51)27-35(25-32)46(52,53)54/h5-6,9-12,24-25,27-28,39H,3-4,7-8,13-23,26,29-30H2,1-2H3,(H,55,61). The first kappa shape index (κ1) is 49.3. The number of benzene rings is 3. The maximum atomic E-state index is 13.9. The van der Waals surface area contributed by atoms with Crippen LogP contribution in [0, 0.1) is 0 Å². The molecule has 2 saturated heterocycles. The van der Waals surface area contributed by atoms with E-state index in [2.05, 4.69) is 22.3 Å². The lowest BCUT2D eigenvalue weighted by molar-refractivity contribution is -0.143. The number of hydrogen-bond donors (Lipinski definition) is 1. The summed E-state index contributed by atoms with van der Waals surface area (Å²) in [5.74, 6) is -1.14. The summed E-state index contributed by atoms with van der Waals surface area (Å²) in [6, 6.07) is 14.0. The third-order valence-electron chi connectivity index (χ3n) is 12.7. The topological polar surface area (TPSA) is 101 Å². The summed E-state index contributed by atoms with van der Waals surface area (Å²) in [5, 5.41) is 3.18. The fourth-order valence-electron chi connectivity index (χ4n) is 8.99. The molecule has 1 aliphatic carbocycles. The van der Waals surface area contributed by atoms with Gasteiger partial charge in [-0.1, -0.05) is 66.9 Å². The number of likely N-dealkylation sites (tertiary alicyclic amines) is 1. The minimum atomic E-state index is -5.12. The van der Waals surface area contributed by atoms with Gasteiger partial charge in [0.25, 0.3) is 5.91 Å². The van der Waals surface area contributed by atoms with Gasteiger partial charge in [-0.15, -0.1) is 0 Å². The van der Waals surface area contributed by atoms with Gasteiger partial charge in [-0.25, -0.2) is 4.79 Å². The number of alkyl carbamates (subject to hydrolysis) is 1. The zero-order valence-corrected chi connectivity index (χ0v) is 37.4. The minimum Gasteiger partial charge on any atom is -0.450 e. The van der Waals surface area contributed by atoms with Crippen LogP contribution in [0.1, 0.15) is 90.0 Å². The number of morpholine rings is 1. The summed E-state index contributed by atoms with van der Waals surface area (Å²) in [5.41, 5.74) is -2.56. The number of nitrogens with zero attached hydrogens (tertiary/aromatic N) is 3. The van der Waals surface area contributed by atoms with E-state index in [4.69, 9.17) is 37.4 Å². The number of ether oxygens (including phenoxy) is 3. The number of carbonyl (C=O) groups excluding carboxylic acids is 3. The van der Waals surface area contributed by atoms with E-state index < -0.39 is 46.6 Å². The van der Waals surface area contributed by atoms with Crippen LogP contribution in [0.2, 0.25) is 10.0 Å². The van der Waals surface area contributed by atoms with Crippen LogP contribution in [-0.4, -0.2) is 111 Å². The molecule has 64 heavy (non-hydrogen) atoms. The number of likely N-dealkylation sites (N-methyl/N-ethyl adjacent to an activating group) is 1.